The molecule has 0 bridgehead atoms. The average Bonchev–Trinajstić information content (AvgIpc) is 3.18. The highest BCUT2D eigenvalue weighted by Gasteiger charge is 2.08. The lowest BCUT2D eigenvalue weighted by molar-refractivity contribution is 0.0954. The molecule has 0 atom stereocenters. The van der Waals surface area contributed by atoms with Gasteiger partial charge in [-0.1, -0.05) is 30.3 Å². The van der Waals surface area contributed by atoms with E-state index in [1.807, 2.05) is 24.4 Å². The molecule has 1 N–H and O–H groups in total. The number of imidazole rings is 1. The van der Waals surface area contributed by atoms with Crippen molar-refractivity contribution in [3.05, 3.63) is 72.1 Å². The van der Waals surface area contributed by atoms with Crippen LogP contribution in [0, 0.1) is 0 Å². The lowest BCUT2D eigenvalue weighted by Gasteiger charge is -2.08. The van der Waals surface area contributed by atoms with E-state index >= 15 is 0 Å². The average molecular weight is 309 g/mol. The Balaban J connectivity index is 1.55. The van der Waals surface area contributed by atoms with Crippen molar-refractivity contribution < 1.29 is 4.79 Å². The molecule has 6 nitrogen and oxygen atoms in total. The summed E-state index contributed by atoms with van der Waals surface area (Å²) in [6, 6.07) is 10.2. The summed E-state index contributed by atoms with van der Waals surface area (Å²) >= 11 is 0. The molecule has 0 saturated carbocycles. The molecule has 0 aliphatic heterocycles. The first-order valence-electron chi connectivity index (χ1n) is 7.53. The van der Waals surface area contributed by atoms with Crippen LogP contribution >= 0.6 is 0 Å². The lowest BCUT2D eigenvalue weighted by atomic mass is 10.2. The second-order valence-electron chi connectivity index (χ2n) is 5.37. The van der Waals surface area contributed by atoms with Crippen LogP contribution in [-0.4, -0.2) is 31.8 Å². The molecule has 2 aromatic heterocycles. The number of nitrogens with zero attached hydrogens (tertiary/aromatic N) is 4. The summed E-state index contributed by atoms with van der Waals surface area (Å²) in [7, 11) is 1.79. The number of benzene rings is 1. The predicted octanol–water partition coefficient (Wildman–Crippen LogP) is 1.64. The summed E-state index contributed by atoms with van der Waals surface area (Å²) in [5, 5.41) is 6.89. The molecular weight excluding hydrogens is 290 g/mol. The first-order valence-corrected chi connectivity index (χ1v) is 7.53. The van der Waals surface area contributed by atoms with E-state index in [0.717, 1.165) is 12.4 Å². The Morgan fingerprint density at radius 3 is 2.83 bits per heavy atom. The fourth-order valence-electron chi connectivity index (χ4n) is 2.42. The number of amides is 1. The van der Waals surface area contributed by atoms with Gasteiger partial charge in [0.2, 0.25) is 0 Å². The highest BCUT2D eigenvalue weighted by atomic mass is 16.1. The zero-order valence-corrected chi connectivity index (χ0v) is 13.0. The summed E-state index contributed by atoms with van der Waals surface area (Å²) in [6.07, 6.45) is 7.70. The summed E-state index contributed by atoms with van der Waals surface area (Å²) in [4.78, 5) is 16.4. The van der Waals surface area contributed by atoms with E-state index in [1.165, 1.54) is 5.56 Å². The number of carbonyl (C=O) groups excluding carboxylic acids is 1. The maximum atomic E-state index is 12.0. The number of rotatable bonds is 6. The molecule has 0 spiro atoms. The van der Waals surface area contributed by atoms with Crippen LogP contribution in [0.5, 0.6) is 0 Å². The van der Waals surface area contributed by atoms with Crippen molar-refractivity contribution in [3.63, 3.8) is 0 Å². The van der Waals surface area contributed by atoms with Crippen LogP contribution in [0.25, 0.3) is 0 Å². The van der Waals surface area contributed by atoms with Crippen LogP contribution in [0.3, 0.4) is 0 Å². The lowest BCUT2D eigenvalue weighted by Crippen LogP contribution is -2.26. The van der Waals surface area contributed by atoms with Crippen LogP contribution in [0.1, 0.15) is 21.7 Å². The van der Waals surface area contributed by atoms with E-state index in [0.29, 0.717) is 18.5 Å². The van der Waals surface area contributed by atoms with Gasteiger partial charge in [-0.05, 0) is 5.56 Å². The van der Waals surface area contributed by atoms with Crippen LogP contribution in [0.4, 0.5) is 0 Å². The number of nitrogens with one attached hydrogen (secondary N) is 1. The van der Waals surface area contributed by atoms with E-state index in [4.69, 9.17) is 0 Å². The first-order chi connectivity index (χ1) is 11.2. The van der Waals surface area contributed by atoms with Gasteiger partial charge in [0.1, 0.15) is 5.82 Å². The van der Waals surface area contributed by atoms with E-state index in [1.54, 1.807) is 30.3 Å². The molecule has 0 fully saturated rings. The smallest absolute Gasteiger partial charge is 0.254 e. The molecule has 0 aliphatic rings. The Kier molecular flexibility index (Phi) is 4.52. The zero-order chi connectivity index (χ0) is 16.1. The summed E-state index contributed by atoms with van der Waals surface area (Å²) in [5.74, 6) is 0.847. The monoisotopic (exact) mass is 309 g/mol. The van der Waals surface area contributed by atoms with Gasteiger partial charge < -0.3 is 9.88 Å². The van der Waals surface area contributed by atoms with E-state index < -0.39 is 0 Å². The van der Waals surface area contributed by atoms with E-state index in [-0.39, 0.29) is 5.91 Å². The quantitative estimate of drug-likeness (QED) is 0.753. The third-order valence-electron chi connectivity index (χ3n) is 3.60. The van der Waals surface area contributed by atoms with Gasteiger partial charge in [-0.25, -0.2) is 4.98 Å². The van der Waals surface area contributed by atoms with Crippen molar-refractivity contribution in [1.82, 2.24) is 24.6 Å². The topological polar surface area (TPSA) is 64.7 Å². The minimum atomic E-state index is -0.112. The molecule has 0 radical (unpaired) electrons. The standard InChI is InChI=1S/C17H19N5O/c1-21-13-15(11-20-21)17(23)19-8-7-16-18-9-10-22(16)12-14-5-3-2-4-6-14/h2-6,9-11,13H,7-8,12H2,1H3,(H,19,23). The van der Waals surface area contributed by atoms with Gasteiger partial charge in [0.15, 0.2) is 0 Å². The first kappa shape index (κ1) is 15.0. The third kappa shape index (κ3) is 3.85. The van der Waals surface area contributed by atoms with Crippen LogP contribution in [0.2, 0.25) is 0 Å². The van der Waals surface area contributed by atoms with Gasteiger partial charge in [-0.15, -0.1) is 0 Å². The second kappa shape index (κ2) is 6.91. The van der Waals surface area contributed by atoms with Crippen LogP contribution < -0.4 is 5.32 Å². The number of hydrogen-bond donors (Lipinski definition) is 1. The maximum absolute atomic E-state index is 12.0. The van der Waals surface area contributed by atoms with Crippen molar-refractivity contribution >= 4 is 5.91 Å². The Labute approximate surface area is 134 Å². The van der Waals surface area contributed by atoms with Gasteiger partial charge in [0, 0.05) is 45.1 Å². The van der Waals surface area contributed by atoms with Crippen molar-refractivity contribution in [2.24, 2.45) is 7.05 Å². The Hall–Kier alpha value is -2.89. The van der Waals surface area contributed by atoms with Crippen LogP contribution in [0.15, 0.2) is 55.1 Å². The summed E-state index contributed by atoms with van der Waals surface area (Å²) < 4.78 is 3.72. The van der Waals surface area contributed by atoms with Gasteiger partial charge in [-0.2, -0.15) is 5.10 Å². The summed E-state index contributed by atoms with van der Waals surface area (Å²) in [5.41, 5.74) is 1.80. The SMILES string of the molecule is Cn1cc(C(=O)NCCc2nccn2Cc2ccccc2)cn1. The molecular formula is C17H19N5O. The zero-order valence-electron chi connectivity index (χ0n) is 13.0. The second-order valence-corrected chi connectivity index (χ2v) is 5.37. The molecule has 118 valence electrons. The molecule has 3 aromatic rings. The normalized spacial score (nSPS) is 10.7. The molecule has 0 saturated heterocycles. The minimum Gasteiger partial charge on any atom is -0.351 e. The fourth-order valence-corrected chi connectivity index (χ4v) is 2.42. The van der Waals surface area contributed by atoms with Gasteiger partial charge in [-0.3, -0.25) is 9.48 Å². The fraction of sp³-hybridized carbons (Fsp3) is 0.235. The number of aryl methyl sites for hydroxylation is 1. The molecule has 1 aromatic carbocycles. The summed E-state index contributed by atoms with van der Waals surface area (Å²) in [6.45, 7) is 1.33. The Morgan fingerprint density at radius 2 is 2.09 bits per heavy atom. The number of carbonyl (C=O) groups is 1. The van der Waals surface area contributed by atoms with Gasteiger partial charge in [0.25, 0.3) is 5.91 Å². The molecule has 6 heteroatoms. The molecule has 1 amide bonds. The number of aromatic nitrogens is 4. The Bertz CT molecular complexity index is 775. The van der Waals surface area contributed by atoms with Crippen molar-refractivity contribution in [1.29, 1.82) is 0 Å². The van der Waals surface area contributed by atoms with Crippen molar-refractivity contribution in [2.75, 3.05) is 6.54 Å². The minimum absolute atomic E-state index is 0.112. The predicted molar refractivity (Wildman–Crippen MR) is 87.0 cm³/mol. The van der Waals surface area contributed by atoms with Gasteiger partial charge >= 0.3 is 0 Å². The van der Waals surface area contributed by atoms with Crippen molar-refractivity contribution in [3.8, 4) is 0 Å². The van der Waals surface area contributed by atoms with Gasteiger partial charge in [0.05, 0.1) is 11.8 Å². The molecule has 23 heavy (non-hydrogen) atoms. The molecule has 0 aliphatic carbocycles. The maximum Gasteiger partial charge on any atom is 0.254 e. The highest BCUT2D eigenvalue weighted by molar-refractivity contribution is 5.93. The van der Waals surface area contributed by atoms with Crippen molar-refractivity contribution in [2.45, 2.75) is 13.0 Å². The number of hydrogen-bond acceptors (Lipinski definition) is 3. The molecule has 0 unspecified atom stereocenters. The highest BCUT2D eigenvalue weighted by Crippen LogP contribution is 2.06. The van der Waals surface area contributed by atoms with E-state index in [9.17, 15) is 4.79 Å². The molecule has 2 heterocycles. The molecule has 3 rings (SSSR count). The third-order valence-corrected chi connectivity index (χ3v) is 3.60. The largest absolute Gasteiger partial charge is 0.351 e. The Morgan fingerprint density at radius 1 is 1.26 bits per heavy atom. The van der Waals surface area contributed by atoms with Crippen LogP contribution in [-0.2, 0) is 20.0 Å². The van der Waals surface area contributed by atoms with E-state index in [2.05, 4.69) is 32.1 Å².